The highest BCUT2D eigenvalue weighted by Crippen LogP contribution is 2.52. The molecular weight excluding hydrogens is 639 g/mol. The highest BCUT2D eigenvalue weighted by Gasteiger charge is 2.52. The lowest BCUT2D eigenvalue weighted by molar-refractivity contribution is 0.00578. The normalized spacial score (nSPS) is 18.2. The quantitative estimate of drug-likeness (QED) is 0.118. The summed E-state index contributed by atoms with van der Waals surface area (Å²) in [5.74, 6) is 0. The van der Waals surface area contributed by atoms with Crippen molar-refractivity contribution in [2.75, 3.05) is 63.5 Å². The van der Waals surface area contributed by atoms with Crippen molar-refractivity contribution in [3.63, 3.8) is 0 Å². The number of hydrogen-bond donors (Lipinski definition) is 0. The second kappa shape index (κ2) is 14.6. The topological polar surface area (TPSA) is 55.4 Å². The smallest absolute Gasteiger partial charge is 0.399 e. The van der Waals surface area contributed by atoms with Crippen LogP contribution in [0.2, 0.25) is 0 Å². The fraction of sp³-hybridized carbons (Fsp3) is 0.613. The molecule has 1 heterocycles. The Morgan fingerprint density at radius 2 is 1.12 bits per heavy atom. The summed E-state index contributed by atoms with van der Waals surface area (Å²) in [6.07, 6.45) is 1.68. The van der Waals surface area contributed by atoms with Crippen LogP contribution in [0.5, 0.6) is 0 Å². The molecule has 0 saturated carbocycles. The summed E-state index contributed by atoms with van der Waals surface area (Å²) >= 11 is 6.80. The Morgan fingerprint density at radius 1 is 0.625 bits per heavy atom. The summed E-state index contributed by atoms with van der Waals surface area (Å²) in [5.41, 5.74) is 5.16. The van der Waals surface area contributed by atoms with Crippen molar-refractivity contribution < 1.29 is 28.3 Å². The zero-order chi connectivity index (χ0) is 28.6. The van der Waals surface area contributed by atoms with Gasteiger partial charge in [0, 0.05) is 29.3 Å². The summed E-state index contributed by atoms with van der Waals surface area (Å²) in [6, 6.07) is 15.4. The molecule has 1 aliphatic carbocycles. The maximum atomic E-state index is 6.44. The van der Waals surface area contributed by atoms with Crippen molar-refractivity contribution in [2.45, 2.75) is 57.2 Å². The van der Waals surface area contributed by atoms with Crippen molar-refractivity contribution in [3.8, 4) is 11.1 Å². The summed E-state index contributed by atoms with van der Waals surface area (Å²) < 4.78 is 36.2. The van der Waals surface area contributed by atoms with Gasteiger partial charge in [-0.2, -0.15) is 0 Å². The summed E-state index contributed by atoms with van der Waals surface area (Å²) in [5, 5.41) is 1.66. The molecule has 0 atom stereocenters. The second-order valence-corrected chi connectivity index (χ2v) is 12.9. The minimum Gasteiger partial charge on any atom is -0.399 e. The average Bonchev–Trinajstić information content (AvgIpc) is 3.33. The van der Waals surface area contributed by atoms with Crippen LogP contribution in [0.15, 0.2) is 42.5 Å². The third kappa shape index (κ3) is 7.23. The zero-order valence-corrected chi connectivity index (χ0v) is 27.5. The van der Waals surface area contributed by atoms with E-state index in [1.807, 2.05) is 0 Å². The first kappa shape index (κ1) is 32.1. The lowest BCUT2D eigenvalue weighted by Gasteiger charge is -2.33. The van der Waals surface area contributed by atoms with E-state index in [2.05, 4.69) is 102 Å². The Morgan fingerprint density at radius 3 is 1.68 bits per heavy atom. The Labute approximate surface area is 257 Å². The predicted octanol–water partition coefficient (Wildman–Crippen LogP) is 5.89. The molecule has 1 fully saturated rings. The highest BCUT2D eigenvalue weighted by atomic mass is 79.9. The van der Waals surface area contributed by atoms with Gasteiger partial charge in [0.15, 0.2) is 0 Å². The third-order valence-corrected chi connectivity index (χ3v) is 9.00. The minimum absolute atomic E-state index is 0.251. The van der Waals surface area contributed by atoms with Gasteiger partial charge in [0.05, 0.1) is 50.8 Å². The fourth-order valence-corrected chi connectivity index (χ4v) is 5.97. The van der Waals surface area contributed by atoms with Gasteiger partial charge in [-0.25, -0.2) is 0 Å². The van der Waals surface area contributed by atoms with E-state index in [4.69, 9.17) is 28.3 Å². The molecule has 0 spiro atoms. The molecule has 1 aliphatic heterocycles. The van der Waals surface area contributed by atoms with Gasteiger partial charge < -0.3 is 28.3 Å². The minimum atomic E-state index is -0.414. The van der Waals surface area contributed by atoms with Crippen LogP contribution in [0, 0.1) is 0 Å². The monoisotopic (exact) mass is 680 g/mol. The highest BCUT2D eigenvalue weighted by molar-refractivity contribution is 9.09. The maximum absolute atomic E-state index is 6.44. The van der Waals surface area contributed by atoms with Gasteiger partial charge in [0.2, 0.25) is 0 Å². The number of fused-ring (bicyclic) bond motifs is 3. The standard InChI is InChI=1S/C31H43BBr2O6/c1-29(2)30(3,4)40-32(39-29)24-9-10-26-25-7-5-6-8-27(25)31(28(26)23-24,11-15-35-19-21-37-17-13-33)12-16-36-20-22-38-18-14-34/h5-10,23H,11-22H2,1-4H3. The lowest BCUT2D eigenvalue weighted by atomic mass is 9.70. The van der Waals surface area contributed by atoms with Crippen LogP contribution in [0.25, 0.3) is 11.1 Å². The average molecular weight is 682 g/mol. The molecule has 0 amide bonds. The molecule has 4 rings (SSSR count). The van der Waals surface area contributed by atoms with Crippen molar-refractivity contribution in [1.29, 1.82) is 0 Å². The van der Waals surface area contributed by atoms with Gasteiger partial charge in [0.25, 0.3) is 0 Å². The van der Waals surface area contributed by atoms with Crippen molar-refractivity contribution in [1.82, 2.24) is 0 Å². The van der Waals surface area contributed by atoms with Crippen LogP contribution < -0.4 is 5.46 Å². The van der Waals surface area contributed by atoms with Crippen molar-refractivity contribution in [2.24, 2.45) is 0 Å². The van der Waals surface area contributed by atoms with E-state index in [9.17, 15) is 0 Å². The molecule has 0 radical (unpaired) electrons. The maximum Gasteiger partial charge on any atom is 0.494 e. The largest absolute Gasteiger partial charge is 0.494 e. The molecule has 1 saturated heterocycles. The summed E-state index contributed by atoms with van der Waals surface area (Å²) in [4.78, 5) is 0. The number of ether oxygens (including phenoxy) is 4. The van der Waals surface area contributed by atoms with E-state index in [1.165, 1.54) is 22.3 Å². The van der Waals surface area contributed by atoms with Crippen LogP contribution >= 0.6 is 31.9 Å². The molecule has 40 heavy (non-hydrogen) atoms. The summed E-state index contributed by atoms with van der Waals surface area (Å²) in [7, 11) is -0.414. The molecule has 2 aromatic rings. The molecule has 0 N–H and O–H groups in total. The molecule has 0 bridgehead atoms. The molecule has 0 unspecified atom stereocenters. The van der Waals surface area contributed by atoms with E-state index < -0.39 is 18.3 Å². The van der Waals surface area contributed by atoms with E-state index in [0.717, 1.165) is 29.0 Å². The summed E-state index contributed by atoms with van der Waals surface area (Å²) in [6.45, 7) is 13.3. The molecule has 220 valence electrons. The number of rotatable bonds is 17. The first-order valence-electron chi connectivity index (χ1n) is 14.3. The van der Waals surface area contributed by atoms with Gasteiger partial charge >= 0.3 is 7.12 Å². The second-order valence-electron chi connectivity index (χ2n) is 11.3. The number of hydrogen-bond acceptors (Lipinski definition) is 6. The van der Waals surface area contributed by atoms with Gasteiger partial charge in [-0.15, -0.1) is 0 Å². The molecule has 6 nitrogen and oxygen atoms in total. The first-order chi connectivity index (χ1) is 19.3. The lowest BCUT2D eigenvalue weighted by Crippen LogP contribution is -2.41. The Kier molecular flexibility index (Phi) is 11.7. The SMILES string of the molecule is CC1(C)OB(c2ccc3c(c2)C(CCOCCOCCBr)(CCOCCOCCBr)c2ccccc2-3)OC1(C)C. The van der Waals surface area contributed by atoms with Crippen molar-refractivity contribution >= 4 is 44.4 Å². The Bertz CT molecular complexity index is 1060. The van der Waals surface area contributed by atoms with E-state index in [1.54, 1.807) is 0 Å². The Hall–Kier alpha value is -0.775. The molecule has 0 aromatic heterocycles. The van der Waals surface area contributed by atoms with Gasteiger partial charge in [-0.1, -0.05) is 74.3 Å². The molecule has 9 heteroatoms. The molecular formula is C31H43BBr2O6. The Balaban J connectivity index is 1.60. The first-order valence-corrected chi connectivity index (χ1v) is 16.5. The third-order valence-electron chi connectivity index (χ3n) is 8.35. The van der Waals surface area contributed by atoms with E-state index in [-0.39, 0.29) is 5.41 Å². The molecule has 2 aliphatic rings. The zero-order valence-electron chi connectivity index (χ0n) is 24.3. The number of alkyl halides is 2. The van der Waals surface area contributed by atoms with Crippen molar-refractivity contribution in [3.05, 3.63) is 53.6 Å². The van der Waals surface area contributed by atoms with Crippen LogP contribution in [0.3, 0.4) is 0 Å². The molecule has 2 aromatic carbocycles. The van der Waals surface area contributed by atoms with Gasteiger partial charge in [-0.3, -0.25) is 0 Å². The van der Waals surface area contributed by atoms with E-state index in [0.29, 0.717) is 52.9 Å². The van der Waals surface area contributed by atoms with Gasteiger partial charge in [0.1, 0.15) is 0 Å². The fourth-order valence-electron chi connectivity index (χ4n) is 5.51. The van der Waals surface area contributed by atoms with Gasteiger partial charge in [-0.05, 0) is 68.3 Å². The predicted molar refractivity (Wildman–Crippen MR) is 168 cm³/mol. The van der Waals surface area contributed by atoms with Crippen LogP contribution in [-0.2, 0) is 33.7 Å². The van der Waals surface area contributed by atoms with Crippen LogP contribution in [-0.4, -0.2) is 81.8 Å². The number of halogens is 2. The van der Waals surface area contributed by atoms with Crippen LogP contribution in [0.1, 0.15) is 51.7 Å². The number of benzene rings is 2. The van der Waals surface area contributed by atoms with E-state index >= 15 is 0 Å². The van der Waals surface area contributed by atoms with Crippen LogP contribution in [0.4, 0.5) is 0 Å².